The summed E-state index contributed by atoms with van der Waals surface area (Å²) in [5, 5.41) is 8.09. The van der Waals surface area contributed by atoms with Gasteiger partial charge < -0.3 is 4.90 Å². The number of hydrogen-bond acceptors (Lipinski definition) is 4. The number of benzene rings is 2. The van der Waals surface area contributed by atoms with Gasteiger partial charge in [-0.2, -0.15) is 0 Å². The summed E-state index contributed by atoms with van der Waals surface area (Å²) in [5.74, 6) is 0. The third-order valence-electron chi connectivity index (χ3n) is 3.89. The average molecular weight is 265 g/mol. The van der Waals surface area contributed by atoms with Crippen LogP contribution in [-0.2, 0) is 0 Å². The lowest BCUT2D eigenvalue weighted by Gasteiger charge is -2.18. The molecular weight excluding hydrogens is 250 g/mol. The average Bonchev–Trinajstić information content (AvgIpc) is 3.18. The summed E-state index contributed by atoms with van der Waals surface area (Å²) in [4.78, 5) is 2.37. The Kier molecular flexibility index (Phi) is 2.66. The van der Waals surface area contributed by atoms with Crippen LogP contribution >= 0.6 is 0 Å². The van der Waals surface area contributed by atoms with Crippen molar-refractivity contribution in [3.63, 3.8) is 0 Å². The van der Waals surface area contributed by atoms with Crippen molar-refractivity contribution >= 4 is 16.7 Å². The first kappa shape index (κ1) is 11.5. The quantitative estimate of drug-likeness (QED) is 0.711. The molecule has 3 aromatic rings. The van der Waals surface area contributed by atoms with Gasteiger partial charge in [-0.05, 0) is 46.4 Å². The highest BCUT2D eigenvalue weighted by molar-refractivity contribution is 5.92. The molecular formula is C16H15N3O. The molecule has 0 N–H and O–H groups in total. The molecule has 0 spiro atoms. The zero-order chi connectivity index (χ0) is 13.4. The van der Waals surface area contributed by atoms with Crippen LogP contribution in [0.25, 0.3) is 22.2 Å². The summed E-state index contributed by atoms with van der Waals surface area (Å²) in [6, 6.07) is 14.6. The van der Waals surface area contributed by atoms with E-state index in [1.807, 2.05) is 12.1 Å². The highest BCUT2D eigenvalue weighted by Crippen LogP contribution is 2.33. The van der Waals surface area contributed by atoms with Crippen LogP contribution in [-0.4, -0.2) is 23.4 Å². The highest BCUT2D eigenvalue weighted by Gasteiger charge is 2.19. The summed E-state index contributed by atoms with van der Waals surface area (Å²) in [5.41, 5.74) is 5.19. The lowest BCUT2D eigenvalue weighted by molar-refractivity contribution is 0.315. The number of hydrogen-bond donors (Lipinski definition) is 0. The van der Waals surface area contributed by atoms with E-state index < -0.39 is 0 Å². The van der Waals surface area contributed by atoms with Crippen molar-refractivity contribution in [2.75, 3.05) is 18.0 Å². The molecule has 0 atom stereocenters. The Morgan fingerprint density at radius 2 is 1.70 bits per heavy atom. The van der Waals surface area contributed by atoms with E-state index in [0.717, 1.165) is 35.4 Å². The van der Waals surface area contributed by atoms with Crippen LogP contribution in [0.4, 0.5) is 5.69 Å². The molecule has 0 radical (unpaired) electrons. The van der Waals surface area contributed by atoms with Crippen molar-refractivity contribution in [1.82, 2.24) is 10.3 Å². The van der Waals surface area contributed by atoms with Crippen molar-refractivity contribution in [3.05, 3.63) is 42.5 Å². The van der Waals surface area contributed by atoms with Crippen molar-refractivity contribution in [1.29, 1.82) is 0 Å². The first-order chi connectivity index (χ1) is 9.92. The Bertz CT molecular complexity index is 730. The van der Waals surface area contributed by atoms with Crippen LogP contribution in [0.5, 0.6) is 0 Å². The van der Waals surface area contributed by atoms with E-state index in [1.165, 1.54) is 18.4 Å². The topological polar surface area (TPSA) is 42.2 Å². The van der Waals surface area contributed by atoms with Gasteiger partial charge in [0.05, 0.1) is 5.69 Å². The number of anilines is 1. The molecule has 1 aliphatic heterocycles. The maximum Gasteiger partial charge on any atom is 0.158 e. The van der Waals surface area contributed by atoms with E-state index in [-0.39, 0.29) is 0 Å². The zero-order valence-electron chi connectivity index (χ0n) is 11.1. The lowest BCUT2D eigenvalue weighted by atomic mass is 10.0. The largest absolute Gasteiger partial charge is 0.370 e. The molecule has 1 fully saturated rings. The minimum absolute atomic E-state index is 0.827. The third-order valence-corrected chi connectivity index (χ3v) is 3.89. The van der Waals surface area contributed by atoms with Gasteiger partial charge in [0.2, 0.25) is 0 Å². The van der Waals surface area contributed by atoms with E-state index >= 15 is 0 Å². The monoisotopic (exact) mass is 265 g/mol. The maximum atomic E-state index is 4.93. The fourth-order valence-corrected chi connectivity index (χ4v) is 2.87. The Hall–Kier alpha value is -2.36. The van der Waals surface area contributed by atoms with Gasteiger partial charge in [0.15, 0.2) is 5.52 Å². The van der Waals surface area contributed by atoms with Gasteiger partial charge >= 0.3 is 0 Å². The molecule has 0 aliphatic carbocycles. The molecule has 1 saturated heterocycles. The van der Waals surface area contributed by atoms with Crippen molar-refractivity contribution in [2.45, 2.75) is 12.8 Å². The molecule has 2 aromatic carbocycles. The molecule has 0 bridgehead atoms. The summed E-state index contributed by atoms with van der Waals surface area (Å²) < 4.78 is 4.93. The van der Waals surface area contributed by atoms with Gasteiger partial charge in [-0.1, -0.05) is 30.3 Å². The second-order valence-corrected chi connectivity index (χ2v) is 5.19. The van der Waals surface area contributed by atoms with E-state index in [4.69, 9.17) is 4.63 Å². The number of aromatic nitrogens is 2. The molecule has 2 heterocycles. The standard InChI is InChI=1S/C16H15N3O/c1-2-6-12(7-3-1)13-10-14-16(18-20-17-14)15(11-13)19-8-4-5-9-19/h1-3,6-7,10-11H,4-5,8-9H2. The first-order valence-electron chi connectivity index (χ1n) is 6.98. The molecule has 0 unspecified atom stereocenters. The second-order valence-electron chi connectivity index (χ2n) is 5.19. The summed E-state index contributed by atoms with van der Waals surface area (Å²) in [6.45, 7) is 2.17. The molecule has 4 heteroatoms. The molecule has 4 nitrogen and oxygen atoms in total. The van der Waals surface area contributed by atoms with Crippen molar-refractivity contribution in [2.24, 2.45) is 0 Å². The van der Waals surface area contributed by atoms with Crippen molar-refractivity contribution in [3.8, 4) is 11.1 Å². The van der Waals surface area contributed by atoms with Gasteiger partial charge in [-0.25, -0.2) is 4.63 Å². The molecule has 1 aliphatic rings. The molecule has 100 valence electrons. The normalized spacial score (nSPS) is 15.1. The van der Waals surface area contributed by atoms with Crippen LogP contribution in [0.2, 0.25) is 0 Å². The summed E-state index contributed by atoms with van der Waals surface area (Å²) in [6.07, 6.45) is 2.48. The van der Waals surface area contributed by atoms with Crippen LogP contribution in [0.3, 0.4) is 0 Å². The Balaban J connectivity index is 1.90. The Morgan fingerprint density at radius 1 is 0.900 bits per heavy atom. The minimum atomic E-state index is 0.827. The molecule has 0 amide bonds. The van der Waals surface area contributed by atoms with Crippen LogP contribution in [0, 0.1) is 0 Å². The van der Waals surface area contributed by atoms with Gasteiger partial charge in [-0.3, -0.25) is 0 Å². The SMILES string of the molecule is c1ccc(-c2cc(N3CCCC3)c3nonc3c2)cc1. The van der Waals surface area contributed by atoms with Crippen LogP contribution in [0.15, 0.2) is 47.1 Å². The predicted molar refractivity (Wildman–Crippen MR) is 78.7 cm³/mol. The molecule has 4 rings (SSSR count). The van der Waals surface area contributed by atoms with Gasteiger partial charge in [0.1, 0.15) is 5.52 Å². The van der Waals surface area contributed by atoms with E-state index in [2.05, 4.69) is 45.5 Å². The van der Waals surface area contributed by atoms with Gasteiger partial charge in [0, 0.05) is 13.1 Å². The highest BCUT2D eigenvalue weighted by atomic mass is 16.6. The summed E-state index contributed by atoms with van der Waals surface area (Å²) >= 11 is 0. The number of fused-ring (bicyclic) bond motifs is 1. The predicted octanol–water partition coefficient (Wildman–Crippen LogP) is 3.49. The Labute approximate surface area is 117 Å². The van der Waals surface area contributed by atoms with Crippen LogP contribution < -0.4 is 4.90 Å². The molecule has 0 saturated carbocycles. The lowest BCUT2D eigenvalue weighted by Crippen LogP contribution is -2.18. The van der Waals surface area contributed by atoms with E-state index in [9.17, 15) is 0 Å². The first-order valence-corrected chi connectivity index (χ1v) is 6.98. The second kappa shape index (κ2) is 4.63. The fourth-order valence-electron chi connectivity index (χ4n) is 2.87. The minimum Gasteiger partial charge on any atom is -0.370 e. The van der Waals surface area contributed by atoms with Crippen LogP contribution in [0.1, 0.15) is 12.8 Å². The fraction of sp³-hybridized carbons (Fsp3) is 0.250. The van der Waals surface area contributed by atoms with Gasteiger partial charge in [-0.15, -0.1) is 0 Å². The molecule has 20 heavy (non-hydrogen) atoms. The van der Waals surface area contributed by atoms with Gasteiger partial charge in [0.25, 0.3) is 0 Å². The van der Waals surface area contributed by atoms with Crippen molar-refractivity contribution < 1.29 is 4.63 Å². The third kappa shape index (κ3) is 1.84. The summed E-state index contributed by atoms with van der Waals surface area (Å²) in [7, 11) is 0. The smallest absolute Gasteiger partial charge is 0.158 e. The maximum absolute atomic E-state index is 4.93. The number of rotatable bonds is 2. The van der Waals surface area contributed by atoms with E-state index in [1.54, 1.807) is 0 Å². The zero-order valence-corrected chi connectivity index (χ0v) is 11.1. The Morgan fingerprint density at radius 3 is 2.50 bits per heavy atom. The number of nitrogens with zero attached hydrogens (tertiary/aromatic N) is 3. The van der Waals surface area contributed by atoms with E-state index in [0.29, 0.717) is 0 Å². The molecule has 1 aromatic heterocycles.